The molecular weight excluding hydrogens is 368 g/mol. The van der Waals surface area contributed by atoms with Gasteiger partial charge in [-0.2, -0.15) is 13.2 Å². The van der Waals surface area contributed by atoms with Crippen LogP contribution in [0.4, 0.5) is 17.6 Å². The fourth-order valence-corrected chi connectivity index (χ4v) is 4.41. The number of halogens is 4. The molecule has 2 heterocycles. The van der Waals surface area contributed by atoms with Gasteiger partial charge in [0.15, 0.2) is 0 Å². The quantitative estimate of drug-likeness (QED) is 0.551. The van der Waals surface area contributed by atoms with E-state index >= 15 is 0 Å². The average Bonchev–Trinajstić information content (AvgIpc) is 3.28. The van der Waals surface area contributed by atoms with Crippen LogP contribution in [0.25, 0.3) is 16.6 Å². The van der Waals surface area contributed by atoms with Crippen LogP contribution in [-0.4, -0.2) is 28.2 Å². The summed E-state index contributed by atoms with van der Waals surface area (Å²) in [5, 5.41) is 0.736. The molecule has 2 aromatic rings. The van der Waals surface area contributed by atoms with E-state index in [0.717, 1.165) is 42.3 Å². The molecule has 0 spiro atoms. The minimum Gasteiger partial charge on any atom is -0.355 e. The Morgan fingerprint density at radius 2 is 1.82 bits per heavy atom. The number of aromatic nitrogens is 1. The lowest BCUT2D eigenvalue weighted by atomic mass is 10.1. The zero-order valence-corrected chi connectivity index (χ0v) is 16.1. The summed E-state index contributed by atoms with van der Waals surface area (Å²) in [5.41, 5.74) is 2.74. The Labute approximate surface area is 162 Å². The van der Waals surface area contributed by atoms with Crippen molar-refractivity contribution in [2.45, 2.75) is 57.8 Å². The van der Waals surface area contributed by atoms with Gasteiger partial charge >= 0.3 is 6.18 Å². The molecule has 0 N–H and O–H groups in total. The number of benzene rings is 1. The van der Waals surface area contributed by atoms with Crippen molar-refractivity contribution >= 4 is 16.6 Å². The van der Waals surface area contributed by atoms with Gasteiger partial charge in [-0.15, -0.1) is 0 Å². The van der Waals surface area contributed by atoms with Gasteiger partial charge in [-0.3, -0.25) is 0 Å². The largest absolute Gasteiger partial charge is 0.408 e. The van der Waals surface area contributed by atoms with Crippen LogP contribution >= 0.6 is 0 Å². The van der Waals surface area contributed by atoms with Crippen molar-refractivity contribution in [2.24, 2.45) is 0 Å². The van der Waals surface area contributed by atoms with Crippen molar-refractivity contribution in [3.63, 3.8) is 0 Å². The third-order valence-electron chi connectivity index (χ3n) is 6.01. The first kappa shape index (κ1) is 19.1. The molecule has 0 radical (unpaired) electrons. The average molecular weight is 392 g/mol. The third-order valence-corrected chi connectivity index (χ3v) is 6.01. The highest BCUT2D eigenvalue weighted by Crippen LogP contribution is 2.40. The zero-order valence-electron chi connectivity index (χ0n) is 16.1. The molecule has 2 aliphatic rings. The van der Waals surface area contributed by atoms with E-state index in [0.29, 0.717) is 11.3 Å². The first-order chi connectivity index (χ1) is 13.3. The van der Waals surface area contributed by atoms with Gasteiger partial charge in [0, 0.05) is 23.5 Å². The Balaban J connectivity index is 1.90. The topological polar surface area (TPSA) is 8.17 Å². The number of aryl methyl sites for hydroxylation is 1. The predicted molar refractivity (Wildman–Crippen MR) is 103 cm³/mol. The summed E-state index contributed by atoms with van der Waals surface area (Å²) in [6, 6.07) is 3.79. The molecule has 1 saturated carbocycles. The van der Waals surface area contributed by atoms with Crippen molar-refractivity contribution in [2.75, 3.05) is 6.54 Å². The summed E-state index contributed by atoms with van der Waals surface area (Å²) in [5.74, 6) is -0.291. The lowest BCUT2D eigenvalue weighted by molar-refractivity contribution is -0.169. The van der Waals surface area contributed by atoms with Gasteiger partial charge in [0.25, 0.3) is 0 Å². The predicted octanol–water partition coefficient (Wildman–Crippen LogP) is 6.37. The molecule has 6 heteroatoms. The molecule has 1 aromatic carbocycles. The second-order valence-corrected chi connectivity index (χ2v) is 7.85. The van der Waals surface area contributed by atoms with Crippen molar-refractivity contribution in [3.8, 4) is 0 Å². The number of hydrogen-bond acceptors (Lipinski definition) is 1. The van der Waals surface area contributed by atoms with Gasteiger partial charge in [-0.1, -0.05) is 25.0 Å². The zero-order chi connectivity index (χ0) is 20.1. The van der Waals surface area contributed by atoms with Crippen LogP contribution < -0.4 is 0 Å². The van der Waals surface area contributed by atoms with E-state index in [1.807, 2.05) is 12.1 Å². The summed E-state index contributed by atoms with van der Waals surface area (Å²) in [6.45, 7) is 3.12. The summed E-state index contributed by atoms with van der Waals surface area (Å²) in [4.78, 5) is 1.39. The molecule has 0 unspecified atom stereocenters. The SMILES string of the molecule is Cc1cc2c(cc1F)cc(C1=CC=CCN1[C@@H](C)C(F)(F)F)n2C1CCCC1. The molecule has 1 aromatic heterocycles. The first-order valence-corrected chi connectivity index (χ1v) is 9.79. The highest BCUT2D eigenvalue weighted by Gasteiger charge is 2.41. The second-order valence-electron chi connectivity index (χ2n) is 7.85. The van der Waals surface area contributed by atoms with E-state index in [-0.39, 0.29) is 18.4 Å². The number of rotatable bonds is 3. The summed E-state index contributed by atoms with van der Waals surface area (Å²) in [7, 11) is 0. The maximum absolute atomic E-state index is 14.2. The van der Waals surface area contributed by atoms with Gasteiger partial charge in [0.2, 0.25) is 0 Å². The van der Waals surface area contributed by atoms with Gasteiger partial charge in [-0.25, -0.2) is 4.39 Å². The maximum Gasteiger partial charge on any atom is 0.408 e. The normalized spacial score (nSPS) is 19.5. The lowest BCUT2D eigenvalue weighted by Crippen LogP contribution is -2.43. The van der Waals surface area contributed by atoms with Crippen LogP contribution in [-0.2, 0) is 0 Å². The van der Waals surface area contributed by atoms with Crippen molar-refractivity contribution in [1.82, 2.24) is 9.47 Å². The maximum atomic E-state index is 14.2. The molecule has 28 heavy (non-hydrogen) atoms. The Morgan fingerprint density at radius 3 is 2.50 bits per heavy atom. The standard InChI is InChI=1S/C22H24F4N2/c1-14-11-20-16(12-18(14)23)13-21(28(20)17-7-3-4-8-17)19-9-5-6-10-27(19)15(2)22(24,25)26/h5-6,9,11-13,15,17H,3-4,7-8,10H2,1-2H3/t15-/m0/s1. The van der Waals surface area contributed by atoms with Gasteiger partial charge in [0.05, 0.1) is 11.4 Å². The van der Waals surface area contributed by atoms with E-state index < -0.39 is 12.2 Å². The molecular formula is C22H24F4N2. The number of alkyl halides is 3. The van der Waals surface area contributed by atoms with Gasteiger partial charge in [0.1, 0.15) is 11.9 Å². The summed E-state index contributed by atoms with van der Waals surface area (Å²) < 4.78 is 56.8. The van der Waals surface area contributed by atoms with Crippen molar-refractivity contribution in [1.29, 1.82) is 0 Å². The smallest absolute Gasteiger partial charge is 0.355 e. The Bertz CT molecular complexity index is 946. The number of hydrogen-bond donors (Lipinski definition) is 0. The third kappa shape index (κ3) is 3.23. The Hall–Kier alpha value is -2.24. The van der Waals surface area contributed by atoms with E-state index in [4.69, 9.17) is 0 Å². The molecule has 1 aliphatic heterocycles. The van der Waals surface area contributed by atoms with E-state index in [1.165, 1.54) is 17.9 Å². The molecule has 0 amide bonds. The van der Waals surface area contributed by atoms with Gasteiger partial charge < -0.3 is 9.47 Å². The highest BCUT2D eigenvalue weighted by molar-refractivity contribution is 5.87. The molecule has 1 atom stereocenters. The number of nitrogens with zero attached hydrogens (tertiary/aromatic N) is 2. The first-order valence-electron chi connectivity index (χ1n) is 9.79. The fourth-order valence-electron chi connectivity index (χ4n) is 4.41. The second kappa shape index (κ2) is 6.98. The van der Waals surface area contributed by atoms with Crippen LogP contribution in [0.1, 0.15) is 49.9 Å². The van der Waals surface area contributed by atoms with Crippen LogP contribution in [0.3, 0.4) is 0 Å². The molecule has 0 saturated heterocycles. The molecule has 0 bridgehead atoms. The van der Waals surface area contributed by atoms with E-state index in [9.17, 15) is 17.6 Å². The molecule has 150 valence electrons. The van der Waals surface area contributed by atoms with Crippen LogP contribution in [0.15, 0.2) is 36.4 Å². The lowest BCUT2D eigenvalue weighted by Gasteiger charge is -2.36. The van der Waals surface area contributed by atoms with E-state index in [2.05, 4.69) is 4.57 Å². The number of allylic oxidation sites excluding steroid dienone is 2. The van der Waals surface area contributed by atoms with Crippen molar-refractivity contribution in [3.05, 3.63) is 53.5 Å². The summed E-state index contributed by atoms with van der Waals surface area (Å²) >= 11 is 0. The van der Waals surface area contributed by atoms with Gasteiger partial charge in [-0.05, 0) is 56.5 Å². The monoisotopic (exact) mass is 392 g/mol. The van der Waals surface area contributed by atoms with Crippen LogP contribution in [0.2, 0.25) is 0 Å². The minimum atomic E-state index is -4.32. The molecule has 1 fully saturated rings. The molecule has 4 rings (SSSR count). The van der Waals surface area contributed by atoms with Crippen LogP contribution in [0.5, 0.6) is 0 Å². The highest BCUT2D eigenvalue weighted by atomic mass is 19.4. The minimum absolute atomic E-state index is 0.200. The Kier molecular flexibility index (Phi) is 4.76. The van der Waals surface area contributed by atoms with Crippen molar-refractivity contribution < 1.29 is 17.6 Å². The molecule has 2 nitrogen and oxygen atoms in total. The number of fused-ring (bicyclic) bond motifs is 1. The fraction of sp³-hybridized carbons (Fsp3) is 0.455. The Morgan fingerprint density at radius 1 is 1.11 bits per heavy atom. The molecule has 1 aliphatic carbocycles. The van der Waals surface area contributed by atoms with Crippen LogP contribution in [0, 0.1) is 12.7 Å². The summed E-state index contributed by atoms with van der Waals surface area (Å²) in [6.07, 6.45) is 5.15. The van der Waals surface area contributed by atoms with E-state index in [1.54, 1.807) is 25.2 Å².